The molecule has 19 heavy (non-hydrogen) atoms. The summed E-state index contributed by atoms with van der Waals surface area (Å²) in [5, 5.41) is 0. The monoisotopic (exact) mass is 250 g/mol. The first-order chi connectivity index (χ1) is 9.31. The van der Waals surface area contributed by atoms with E-state index in [9.17, 15) is 0 Å². The SMILES string of the molecule is Nc1ccc2c(c1)N(CC1Cc3ccccc31)CC2. The molecule has 1 aliphatic heterocycles. The third kappa shape index (κ3) is 1.71. The molecule has 2 nitrogen and oxygen atoms in total. The molecule has 0 aromatic heterocycles. The smallest absolute Gasteiger partial charge is 0.0420 e. The number of anilines is 2. The van der Waals surface area contributed by atoms with Crippen molar-refractivity contribution in [3.8, 4) is 0 Å². The second kappa shape index (κ2) is 4.02. The Kier molecular flexibility index (Phi) is 2.31. The van der Waals surface area contributed by atoms with Crippen LogP contribution in [0.15, 0.2) is 42.5 Å². The van der Waals surface area contributed by atoms with E-state index in [4.69, 9.17) is 5.73 Å². The zero-order chi connectivity index (χ0) is 12.8. The van der Waals surface area contributed by atoms with Gasteiger partial charge in [-0.2, -0.15) is 0 Å². The number of nitrogen functional groups attached to an aromatic ring is 1. The summed E-state index contributed by atoms with van der Waals surface area (Å²) < 4.78 is 0. The van der Waals surface area contributed by atoms with Gasteiger partial charge in [-0.15, -0.1) is 0 Å². The van der Waals surface area contributed by atoms with Crippen LogP contribution in [0, 0.1) is 0 Å². The van der Waals surface area contributed by atoms with Crippen LogP contribution in [0.2, 0.25) is 0 Å². The van der Waals surface area contributed by atoms with Gasteiger partial charge in [0.15, 0.2) is 0 Å². The van der Waals surface area contributed by atoms with Crippen molar-refractivity contribution in [2.75, 3.05) is 23.7 Å². The third-order valence-electron chi connectivity index (χ3n) is 4.50. The number of rotatable bonds is 2. The molecule has 2 N–H and O–H groups in total. The van der Waals surface area contributed by atoms with Crippen molar-refractivity contribution >= 4 is 11.4 Å². The van der Waals surface area contributed by atoms with Crippen molar-refractivity contribution in [2.45, 2.75) is 18.8 Å². The minimum atomic E-state index is 0.698. The van der Waals surface area contributed by atoms with Crippen LogP contribution in [0.25, 0.3) is 0 Å². The van der Waals surface area contributed by atoms with Crippen molar-refractivity contribution in [1.82, 2.24) is 0 Å². The molecule has 0 bridgehead atoms. The van der Waals surface area contributed by atoms with Crippen LogP contribution in [0.4, 0.5) is 11.4 Å². The highest BCUT2D eigenvalue weighted by Crippen LogP contribution is 2.38. The molecule has 2 aromatic carbocycles. The lowest BCUT2D eigenvalue weighted by Crippen LogP contribution is -2.32. The van der Waals surface area contributed by atoms with Gasteiger partial charge in [0, 0.05) is 30.4 Å². The Morgan fingerprint density at radius 1 is 1.11 bits per heavy atom. The summed E-state index contributed by atoms with van der Waals surface area (Å²) in [6, 6.07) is 15.1. The lowest BCUT2D eigenvalue weighted by atomic mass is 9.77. The molecule has 96 valence electrons. The topological polar surface area (TPSA) is 29.3 Å². The summed E-state index contributed by atoms with van der Waals surface area (Å²) in [5.74, 6) is 0.698. The summed E-state index contributed by atoms with van der Waals surface area (Å²) >= 11 is 0. The lowest BCUT2D eigenvalue weighted by Gasteiger charge is -2.34. The van der Waals surface area contributed by atoms with Gasteiger partial charge < -0.3 is 10.6 Å². The zero-order valence-corrected chi connectivity index (χ0v) is 11.0. The Bertz CT molecular complexity index is 633. The Balaban J connectivity index is 1.57. The molecule has 0 spiro atoms. The van der Waals surface area contributed by atoms with Crippen LogP contribution in [-0.2, 0) is 12.8 Å². The van der Waals surface area contributed by atoms with Gasteiger partial charge in [-0.3, -0.25) is 0 Å². The average molecular weight is 250 g/mol. The molecule has 0 saturated carbocycles. The van der Waals surface area contributed by atoms with Gasteiger partial charge in [0.05, 0.1) is 0 Å². The van der Waals surface area contributed by atoms with E-state index in [2.05, 4.69) is 41.3 Å². The molecule has 0 saturated heterocycles. The lowest BCUT2D eigenvalue weighted by molar-refractivity contribution is 0.590. The van der Waals surface area contributed by atoms with Gasteiger partial charge in [0.25, 0.3) is 0 Å². The van der Waals surface area contributed by atoms with Gasteiger partial charge in [-0.25, -0.2) is 0 Å². The van der Waals surface area contributed by atoms with E-state index in [1.807, 2.05) is 6.07 Å². The van der Waals surface area contributed by atoms with E-state index in [0.29, 0.717) is 5.92 Å². The second-order valence-electron chi connectivity index (χ2n) is 5.68. The van der Waals surface area contributed by atoms with Crippen LogP contribution in [0.5, 0.6) is 0 Å². The highest BCUT2D eigenvalue weighted by molar-refractivity contribution is 5.64. The Labute approximate surface area is 113 Å². The highest BCUT2D eigenvalue weighted by Gasteiger charge is 2.29. The molecule has 0 fully saturated rings. The molecule has 1 atom stereocenters. The maximum atomic E-state index is 5.92. The molecule has 0 radical (unpaired) electrons. The Hall–Kier alpha value is -1.96. The van der Waals surface area contributed by atoms with Crippen molar-refractivity contribution in [3.63, 3.8) is 0 Å². The number of fused-ring (bicyclic) bond motifs is 2. The average Bonchev–Trinajstić information content (AvgIpc) is 2.78. The normalized spacial score (nSPS) is 19.8. The second-order valence-corrected chi connectivity index (χ2v) is 5.68. The van der Waals surface area contributed by atoms with E-state index in [1.54, 1.807) is 5.56 Å². The van der Waals surface area contributed by atoms with Crippen LogP contribution >= 0.6 is 0 Å². The van der Waals surface area contributed by atoms with Crippen LogP contribution in [-0.4, -0.2) is 13.1 Å². The van der Waals surface area contributed by atoms with E-state index < -0.39 is 0 Å². The Morgan fingerprint density at radius 3 is 2.89 bits per heavy atom. The van der Waals surface area contributed by atoms with Crippen molar-refractivity contribution in [2.24, 2.45) is 0 Å². The maximum Gasteiger partial charge on any atom is 0.0420 e. The predicted octanol–water partition coefficient (Wildman–Crippen LogP) is 2.97. The van der Waals surface area contributed by atoms with E-state index in [1.165, 1.54) is 23.2 Å². The van der Waals surface area contributed by atoms with Gasteiger partial charge in [-0.05, 0) is 41.7 Å². The molecular weight excluding hydrogens is 232 g/mol. The first-order valence-electron chi connectivity index (χ1n) is 7.02. The number of nitrogens with zero attached hydrogens (tertiary/aromatic N) is 1. The summed E-state index contributed by atoms with van der Waals surface area (Å²) in [4.78, 5) is 2.51. The van der Waals surface area contributed by atoms with Crippen LogP contribution in [0.1, 0.15) is 22.6 Å². The molecule has 1 unspecified atom stereocenters. The maximum absolute atomic E-state index is 5.92. The standard InChI is InChI=1S/C17H18N2/c18-15-6-5-12-7-8-19(17(12)10-15)11-14-9-13-3-1-2-4-16(13)14/h1-6,10,14H,7-9,11,18H2. The third-order valence-corrected chi connectivity index (χ3v) is 4.50. The highest BCUT2D eigenvalue weighted by atomic mass is 15.1. The fraction of sp³-hybridized carbons (Fsp3) is 0.294. The summed E-state index contributed by atoms with van der Waals surface area (Å²) in [6.07, 6.45) is 2.38. The van der Waals surface area contributed by atoms with Crippen molar-refractivity contribution in [1.29, 1.82) is 0 Å². The van der Waals surface area contributed by atoms with E-state index in [0.717, 1.165) is 25.2 Å². The van der Waals surface area contributed by atoms with Gasteiger partial charge in [0.1, 0.15) is 0 Å². The minimum Gasteiger partial charge on any atom is -0.399 e. The first-order valence-corrected chi connectivity index (χ1v) is 7.02. The quantitative estimate of drug-likeness (QED) is 0.830. The van der Waals surface area contributed by atoms with E-state index in [-0.39, 0.29) is 0 Å². The fourth-order valence-electron chi connectivity index (χ4n) is 3.44. The molecule has 2 aliphatic rings. The number of nitrogens with two attached hydrogens (primary N) is 1. The molecule has 2 aromatic rings. The van der Waals surface area contributed by atoms with Gasteiger partial charge in [0.2, 0.25) is 0 Å². The molecule has 1 heterocycles. The first kappa shape index (κ1) is 10.9. The Morgan fingerprint density at radius 2 is 2.00 bits per heavy atom. The van der Waals surface area contributed by atoms with Gasteiger partial charge in [-0.1, -0.05) is 30.3 Å². The van der Waals surface area contributed by atoms with Gasteiger partial charge >= 0.3 is 0 Å². The molecule has 0 amide bonds. The van der Waals surface area contributed by atoms with Crippen molar-refractivity contribution in [3.05, 3.63) is 59.2 Å². The summed E-state index contributed by atoms with van der Waals surface area (Å²) in [5.41, 5.74) is 12.7. The number of benzene rings is 2. The molecule has 1 aliphatic carbocycles. The number of hydrogen-bond acceptors (Lipinski definition) is 2. The van der Waals surface area contributed by atoms with E-state index >= 15 is 0 Å². The molecule has 2 heteroatoms. The summed E-state index contributed by atoms with van der Waals surface area (Å²) in [7, 11) is 0. The largest absolute Gasteiger partial charge is 0.399 e. The predicted molar refractivity (Wildman–Crippen MR) is 79.7 cm³/mol. The molecule has 4 rings (SSSR count). The zero-order valence-electron chi connectivity index (χ0n) is 11.0. The minimum absolute atomic E-state index is 0.698. The van der Waals surface area contributed by atoms with Crippen molar-refractivity contribution < 1.29 is 0 Å². The molecular formula is C17H18N2. The fourth-order valence-corrected chi connectivity index (χ4v) is 3.44. The van der Waals surface area contributed by atoms with Crippen LogP contribution < -0.4 is 10.6 Å². The summed E-state index contributed by atoms with van der Waals surface area (Å²) in [6.45, 7) is 2.27. The van der Waals surface area contributed by atoms with Crippen LogP contribution in [0.3, 0.4) is 0 Å². The number of hydrogen-bond donors (Lipinski definition) is 1.